The van der Waals surface area contributed by atoms with E-state index >= 15 is 0 Å². The Kier molecular flexibility index (Phi) is 5.18. The number of hydrogen-bond acceptors (Lipinski definition) is 3. The Labute approximate surface area is 149 Å². The number of carbonyl (C=O) groups is 1. The number of rotatable bonds is 5. The highest BCUT2D eigenvalue weighted by molar-refractivity contribution is 6.35. The minimum absolute atomic E-state index is 0.0963. The first kappa shape index (κ1) is 16.6. The van der Waals surface area contributed by atoms with Crippen LogP contribution >= 0.6 is 23.2 Å². The van der Waals surface area contributed by atoms with Crippen molar-refractivity contribution in [2.24, 2.45) is 0 Å². The Balaban J connectivity index is 1.60. The van der Waals surface area contributed by atoms with Crippen molar-refractivity contribution < 1.29 is 9.53 Å². The molecular formula is C18H14Cl2N2O2. The lowest BCUT2D eigenvalue weighted by molar-refractivity contribution is -0.123. The molecule has 0 aliphatic carbocycles. The van der Waals surface area contributed by atoms with Crippen molar-refractivity contribution in [3.05, 3.63) is 70.3 Å². The van der Waals surface area contributed by atoms with Gasteiger partial charge in [-0.3, -0.25) is 9.78 Å². The lowest BCUT2D eigenvalue weighted by atomic mass is 10.2. The van der Waals surface area contributed by atoms with Gasteiger partial charge in [-0.15, -0.1) is 0 Å². The van der Waals surface area contributed by atoms with Crippen LogP contribution in [0.5, 0.6) is 5.75 Å². The van der Waals surface area contributed by atoms with Gasteiger partial charge in [0.1, 0.15) is 11.3 Å². The molecule has 0 radical (unpaired) electrons. The van der Waals surface area contributed by atoms with Crippen molar-refractivity contribution in [1.29, 1.82) is 0 Å². The van der Waals surface area contributed by atoms with E-state index < -0.39 is 0 Å². The van der Waals surface area contributed by atoms with Gasteiger partial charge >= 0.3 is 0 Å². The third kappa shape index (κ3) is 3.96. The number of nitrogens with one attached hydrogen (secondary N) is 1. The first-order chi connectivity index (χ1) is 11.6. The second-order valence-electron chi connectivity index (χ2n) is 5.14. The molecular weight excluding hydrogens is 347 g/mol. The Bertz CT molecular complexity index is 867. The number of pyridine rings is 1. The third-order valence-electron chi connectivity index (χ3n) is 3.44. The zero-order valence-corrected chi connectivity index (χ0v) is 14.1. The molecule has 0 fully saturated rings. The van der Waals surface area contributed by atoms with Gasteiger partial charge in [-0.05, 0) is 42.0 Å². The van der Waals surface area contributed by atoms with Crippen LogP contribution in [0.25, 0.3) is 10.9 Å². The highest BCUT2D eigenvalue weighted by Gasteiger charge is 2.09. The molecule has 2 aromatic carbocycles. The summed E-state index contributed by atoms with van der Waals surface area (Å²) in [7, 11) is 0. The fourth-order valence-corrected chi connectivity index (χ4v) is 2.57. The maximum Gasteiger partial charge on any atom is 0.258 e. The molecule has 3 rings (SSSR count). The summed E-state index contributed by atoms with van der Waals surface area (Å²) in [4.78, 5) is 16.2. The minimum atomic E-state index is -0.219. The Hall–Kier alpha value is -2.30. The molecule has 0 unspecified atom stereocenters. The standard InChI is InChI=1S/C18H14Cl2N2O2/c19-13-5-3-12(4-6-13)10-22-17(23)11-24-16-8-7-15(20)14-2-1-9-21-18(14)16/h1-9H,10-11H2,(H,22,23). The topological polar surface area (TPSA) is 51.2 Å². The van der Waals surface area contributed by atoms with E-state index in [1.165, 1.54) is 0 Å². The van der Waals surface area contributed by atoms with Crippen LogP contribution in [0.2, 0.25) is 10.0 Å². The number of amides is 1. The molecule has 0 saturated carbocycles. The molecule has 0 saturated heterocycles. The first-order valence-corrected chi connectivity index (χ1v) is 8.06. The van der Waals surface area contributed by atoms with E-state index in [1.807, 2.05) is 18.2 Å². The number of aromatic nitrogens is 1. The normalized spacial score (nSPS) is 10.6. The number of fused-ring (bicyclic) bond motifs is 1. The summed E-state index contributed by atoms with van der Waals surface area (Å²) in [6, 6.07) is 14.4. The maximum absolute atomic E-state index is 12.0. The van der Waals surface area contributed by atoms with E-state index in [0.29, 0.717) is 27.9 Å². The van der Waals surface area contributed by atoms with Crippen molar-refractivity contribution in [2.75, 3.05) is 6.61 Å². The Morgan fingerprint density at radius 3 is 2.67 bits per heavy atom. The van der Waals surface area contributed by atoms with Crippen LogP contribution in [0.1, 0.15) is 5.56 Å². The SMILES string of the molecule is O=C(COc1ccc(Cl)c2cccnc12)NCc1ccc(Cl)cc1. The predicted molar refractivity (Wildman–Crippen MR) is 95.5 cm³/mol. The molecule has 0 atom stereocenters. The fourth-order valence-electron chi connectivity index (χ4n) is 2.23. The first-order valence-electron chi connectivity index (χ1n) is 7.30. The van der Waals surface area contributed by atoms with Gasteiger partial charge in [0.15, 0.2) is 6.61 Å². The lowest BCUT2D eigenvalue weighted by Crippen LogP contribution is -2.28. The molecule has 3 aromatic rings. The monoisotopic (exact) mass is 360 g/mol. The smallest absolute Gasteiger partial charge is 0.258 e. The van der Waals surface area contributed by atoms with Crippen molar-refractivity contribution in [3.8, 4) is 5.75 Å². The van der Waals surface area contributed by atoms with Crippen LogP contribution in [0.15, 0.2) is 54.7 Å². The molecule has 6 heteroatoms. The van der Waals surface area contributed by atoms with Crippen molar-refractivity contribution in [1.82, 2.24) is 10.3 Å². The van der Waals surface area contributed by atoms with Crippen molar-refractivity contribution >= 4 is 40.0 Å². The second-order valence-corrected chi connectivity index (χ2v) is 5.98. The molecule has 0 bridgehead atoms. The van der Waals surface area contributed by atoms with Gasteiger partial charge in [-0.1, -0.05) is 35.3 Å². The van der Waals surface area contributed by atoms with Crippen LogP contribution in [0.3, 0.4) is 0 Å². The summed E-state index contributed by atoms with van der Waals surface area (Å²) < 4.78 is 5.59. The van der Waals surface area contributed by atoms with Crippen LogP contribution in [0.4, 0.5) is 0 Å². The summed E-state index contributed by atoms with van der Waals surface area (Å²) in [5.74, 6) is 0.306. The summed E-state index contributed by atoms with van der Waals surface area (Å²) >= 11 is 12.0. The number of hydrogen-bond donors (Lipinski definition) is 1. The molecule has 122 valence electrons. The van der Waals surface area contributed by atoms with Gasteiger partial charge in [0, 0.05) is 23.2 Å². The predicted octanol–water partition coefficient (Wildman–Crippen LogP) is 4.24. The van der Waals surface area contributed by atoms with E-state index in [1.54, 1.807) is 36.5 Å². The van der Waals surface area contributed by atoms with Crippen molar-refractivity contribution in [3.63, 3.8) is 0 Å². The number of halogens is 2. The van der Waals surface area contributed by atoms with Gasteiger partial charge in [0.05, 0.1) is 5.02 Å². The highest BCUT2D eigenvalue weighted by Crippen LogP contribution is 2.29. The van der Waals surface area contributed by atoms with Gasteiger partial charge in [-0.25, -0.2) is 0 Å². The van der Waals surface area contributed by atoms with Crippen LogP contribution in [-0.2, 0) is 11.3 Å². The van der Waals surface area contributed by atoms with Gasteiger partial charge in [0.25, 0.3) is 5.91 Å². The molecule has 0 aliphatic heterocycles. The van der Waals surface area contributed by atoms with Crippen LogP contribution in [-0.4, -0.2) is 17.5 Å². The highest BCUT2D eigenvalue weighted by atomic mass is 35.5. The fraction of sp³-hybridized carbons (Fsp3) is 0.111. The molecule has 24 heavy (non-hydrogen) atoms. The van der Waals surface area contributed by atoms with Crippen LogP contribution in [0, 0.1) is 0 Å². The number of nitrogens with zero attached hydrogens (tertiary/aromatic N) is 1. The molecule has 1 heterocycles. The number of carbonyl (C=O) groups excluding carboxylic acids is 1. The third-order valence-corrected chi connectivity index (χ3v) is 4.02. The molecule has 4 nitrogen and oxygen atoms in total. The van der Waals surface area contributed by atoms with E-state index in [4.69, 9.17) is 27.9 Å². The zero-order valence-electron chi connectivity index (χ0n) is 12.6. The van der Waals surface area contributed by atoms with Crippen LogP contribution < -0.4 is 10.1 Å². The number of ether oxygens (including phenoxy) is 1. The van der Waals surface area contributed by atoms with E-state index in [2.05, 4.69) is 10.3 Å². The van der Waals surface area contributed by atoms with Gasteiger partial charge < -0.3 is 10.1 Å². The Morgan fingerprint density at radius 1 is 1.08 bits per heavy atom. The average molecular weight is 361 g/mol. The van der Waals surface area contributed by atoms with E-state index in [0.717, 1.165) is 10.9 Å². The molecule has 1 N–H and O–H groups in total. The van der Waals surface area contributed by atoms with E-state index in [-0.39, 0.29) is 12.5 Å². The van der Waals surface area contributed by atoms with Gasteiger partial charge in [0.2, 0.25) is 0 Å². The zero-order chi connectivity index (χ0) is 16.9. The quantitative estimate of drug-likeness (QED) is 0.740. The second kappa shape index (κ2) is 7.51. The maximum atomic E-state index is 12.0. The van der Waals surface area contributed by atoms with E-state index in [9.17, 15) is 4.79 Å². The lowest BCUT2D eigenvalue weighted by Gasteiger charge is -2.10. The Morgan fingerprint density at radius 2 is 1.88 bits per heavy atom. The molecule has 0 aliphatic rings. The minimum Gasteiger partial charge on any atom is -0.481 e. The summed E-state index contributed by atoms with van der Waals surface area (Å²) in [6.07, 6.45) is 1.66. The number of benzene rings is 2. The average Bonchev–Trinajstić information content (AvgIpc) is 2.61. The largest absolute Gasteiger partial charge is 0.481 e. The summed E-state index contributed by atoms with van der Waals surface area (Å²) in [5, 5.41) is 4.84. The molecule has 1 aromatic heterocycles. The summed E-state index contributed by atoms with van der Waals surface area (Å²) in [5.41, 5.74) is 1.60. The molecule has 1 amide bonds. The van der Waals surface area contributed by atoms with Gasteiger partial charge in [-0.2, -0.15) is 0 Å². The summed E-state index contributed by atoms with van der Waals surface area (Å²) in [6.45, 7) is 0.319. The molecule has 0 spiro atoms. The van der Waals surface area contributed by atoms with Crippen molar-refractivity contribution in [2.45, 2.75) is 6.54 Å².